The zero-order chi connectivity index (χ0) is 17.4. The number of carboxylic acid groups (broad SMARTS) is 1. The normalized spacial score (nSPS) is 10.6. The lowest BCUT2D eigenvalue weighted by Gasteiger charge is -2.12. The van der Waals surface area contributed by atoms with Gasteiger partial charge in [-0.15, -0.1) is 0 Å². The summed E-state index contributed by atoms with van der Waals surface area (Å²) in [6.07, 6.45) is 2.54. The molecule has 0 atom stereocenters. The number of rotatable bonds is 8. The zero-order valence-corrected chi connectivity index (χ0v) is 13.8. The Labute approximate surface area is 145 Å². The van der Waals surface area contributed by atoms with Crippen LogP contribution in [-0.2, 0) is 4.79 Å². The van der Waals surface area contributed by atoms with Gasteiger partial charge in [-0.3, -0.25) is 0 Å². The molecule has 6 heteroatoms. The Hall–Kier alpha value is -2.66. The summed E-state index contributed by atoms with van der Waals surface area (Å²) in [6, 6.07) is 12.3. The van der Waals surface area contributed by atoms with Gasteiger partial charge >= 0.3 is 5.97 Å². The van der Waals surface area contributed by atoms with Gasteiger partial charge in [-0.05, 0) is 35.9 Å². The highest BCUT2D eigenvalue weighted by molar-refractivity contribution is 6.32. The van der Waals surface area contributed by atoms with E-state index in [9.17, 15) is 4.79 Å². The fourth-order valence-corrected chi connectivity index (χ4v) is 2.13. The van der Waals surface area contributed by atoms with Crippen molar-refractivity contribution in [2.45, 2.75) is 0 Å². The maximum Gasteiger partial charge on any atom is 0.328 e. The maximum absolute atomic E-state index is 10.6. The molecule has 0 saturated heterocycles. The molecule has 0 spiro atoms. The van der Waals surface area contributed by atoms with Crippen LogP contribution < -0.4 is 14.2 Å². The maximum atomic E-state index is 10.6. The van der Waals surface area contributed by atoms with Crippen LogP contribution in [0.1, 0.15) is 5.56 Å². The molecule has 2 aromatic rings. The van der Waals surface area contributed by atoms with Gasteiger partial charge in [0.05, 0.1) is 12.1 Å². The van der Waals surface area contributed by atoms with Crippen molar-refractivity contribution in [3.05, 3.63) is 59.1 Å². The molecule has 2 aromatic carbocycles. The quantitative estimate of drug-likeness (QED) is 0.579. The Bertz CT molecular complexity index is 727. The minimum absolute atomic E-state index is 0.285. The molecular weight excluding hydrogens is 332 g/mol. The second-order valence-electron chi connectivity index (χ2n) is 4.71. The lowest BCUT2D eigenvalue weighted by atomic mass is 10.2. The second kappa shape index (κ2) is 8.84. The zero-order valence-electron chi connectivity index (χ0n) is 13.1. The van der Waals surface area contributed by atoms with Crippen LogP contribution in [0.5, 0.6) is 17.2 Å². The van der Waals surface area contributed by atoms with E-state index < -0.39 is 5.97 Å². The van der Waals surface area contributed by atoms with Crippen molar-refractivity contribution in [2.24, 2.45) is 0 Å². The summed E-state index contributed by atoms with van der Waals surface area (Å²) < 4.78 is 16.4. The van der Waals surface area contributed by atoms with E-state index in [1.165, 1.54) is 13.2 Å². The SMILES string of the molecule is COc1ccc(C=CC(=O)O)cc1OCCOc1ccccc1Cl. The van der Waals surface area contributed by atoms with Crippen LogP contribution in [0.3, 0.4) is 0 Å². The third kappa shape index (κ3) is 5.21. The number of methoxy groups -OCH3 is 1. The van der Waals surface area contributed by atoms with E-state index >= 15 is 0 Å². The smallest absolute Gasteiger partial charge is 0.328 e. The van der Waals surface area contributed by atoms with Crippen LogP contribution in [0.2, 0.25) is 5.02 Å². The van der Waals surface area contributed by atoms with E-state index in [0.717, 1.165) is 6.08 Å². The third-order valence-electron chi connectivity index (χ3n) is 3.04. The summed E-state index contributed by atoms with van der Waals surface area (Å²) in [4.78, 5) is 10.6. The molecule has 5 nitrogen and oxygen atoms in total. The molecule has 0 fully saturated rings. The number of carboxylic acids is 1. The second-order valence-corrected chi connectivity index (χ2v) is 5.12. The van der Waals surface area contributed by atoms with Crippen LogP contribution in [0.15, 0.2) is 48.5 Å². The first-order valence-electron chi connectivity index (χ1n) is 7.19. The van der Waals surface area contributed by atoms with Gasteiger partial charge in [0.15, 0.2) is 11.5 Å². The summed E-state index contributed by atoms with van der Waals surface area (Å²) in [5, 5.41) is 9.22. The van der Waals surface area contributed by atoms with Crippen molar-refractivity contribution in [2.75, 3.05) is 20.3 Å². The van der Waals surface area contributed by atoms with Crippen LogP contribution in [0, 0.1) is 0 Å². The average Bonchev–Trinajstić information content (AvgIpc) is 2.58. The molecule has 1 N–H and O–H groups in total. The molecule has 0 aliphatic heterocycles. The first-order chi connectivity index (χ1) is 11.6. The third-order valence-corrected chi connectivity index (χ3v) is 3.35. The lowest BCUT2D eigenvalue weighted by Crippen LogP contribution is -2.09. The molecule has 0 bridgehead atoms. The number of ether oxygens (including phenoxy) is 3. The number of para-hydroxylation sites is 1. The number of hydrogen-bond acceptors (Lipinski definition) is 4. The minimum atomic E-state index is -1.01. The van der Waals surface area contributed by atoms with E-state index in [1.54, 1.807) is 30.3 Å². The Morgan fingerprint density at radius 3 is 2.46 bits per heavy atom. The molecule has 126 valence electrons. The molecule has 0 unspecified atom stereocenters. The predicted molar refractivity (Wildman–Crippen MR) is 92.1 cm³/mol. The fourth-order valence-electron chi connectivity index (χ4n) is 1.94. The van der Waals surface area contributed by atoms with E-state index in [-0.39, 0.29) is 6.61 Å². The average molecular weight is 349 g/mol. The first kappa shape index (κ1) is 17.7. The molecule has 0 aliphatic rings. The Morgan fingerprint density at radius 2 is 1.79 bits per heavy atom. The summed E-state index contributed by atoms with van der Waals surface area (Å²) >= 11 is 6.01. The molecule has 0 aliphatic carbocycles. The standard InChI is InChI=1S/C18H17ClO5/c1-22-16-8-6-13(7-9-18(20)21)12-17(16)24-11-10-23-15-5-3-2-4-14(15)19/h2-9,12H,10-11H2,1H3,(H,20,21). The van der Waals surface area contributed by atoms with Crippen molar-refractivity contribution >= 4 is 23.6 Å². The van der Waals surface area contributed by atoms with Gasteiger partial charge in [-0.25, -0.2) is 4.79 Å². The molecule has 0 heterocycles. The lowest BCUT2D eigenvalue weighted by molar-refractivity contribution is -0.131. The van der Waals surface area contributed by atoms with Crippen molar-refractivity contribution in [3.8, 4) is 17.2 Å². The van der Waals surface area contributed by atoms with Gasteiger partial charge < -0.3 is 19.3 Å². The molecular formula is C18H17ClO5. The first-order valence-corrected chi connectivity index (χ1v) is 7.57. The van der Waals surface area contributed by atoms with Crippen LogP contribution in [0.4, 0.5) is 0 Å². The number of halogens is 1. The van der Waals surface area contributed by atoms with E-state index in [4.69, 9.17) is 30.9 Å². The monoisotopic (exact) mass is 348 g/mol. The van der Waals surface area contributed by atoms with Gasteiger partial charge in [0, 0.05) is 6.08 Å². The van der Waals surface area contributed by atoms with Crippen LogP contribution in [-0.4, -0.2) is 31.4 Å². The van der Waals surface area contributed by atoms with Crippen molar-refractivity contribution < 1.29 is 24.1 Å². The number of aliphatic carboxylic acids is 1. The largest absolute Gasteiger partial charge is 0.493 e. The molecule has 0 amide bonds. The van der Waals surface area contributed by atoms with Crippen LogP contribution >= 0.6 is 11.6 Å². The molecule has 0 saturated carbocycles. The number of carbonyl (C=O) groups is 1. The predicted octanol–water partition coefficient (Wildman–Crippen LogP) is 3.90. The van der Waals surface area contributed by atoms with E-state index in [0.29, 0.717) is 34.4 Å². The summed E-state index contributed by atoms with van der Waals surface area (Å²) in [5.74, 6) is 0.641. The highest BCUT2D eigenvalue weighted by Crippen LogP contribution is 2.29. The van der Waals surface area contributed by atoms with Gasteiger partial charge in [0.25, 0.3) is 0 Å². The highest BCUT2D eigenvalue weighted by atomic mass is 35.5. The summed E-state index contributed by atoms with van der Waals surface area (Å²) in [6.45, 7) is 0.593. The number of hydrogen-bond donors (Lipinski definition) is 1. The molecule has 0 radical (unpaired) electrons. The van der Waals surface area contributed by atoms with Crippen molar-refractivity contribution in [1.29, 1.82) is 0 Å². The fraction of sp³-hybridized carbons (Fsp3) is 0.167. The van der Waals surface area contributed by atoms with E-state index in [1.807, 2.05) is 12.1 Å². The topological polar surface area (TPSA) is 65.0 Å². The highest BCUT2D eigenvalue weighted by Gasteiger charge is 2.06. The Balaban J connectivity index is 1.96. The summed E-state index contributed by atoms with van der Waals surface area (Å²) in [7, 11) is 1.54. The van der Waals surface area contributed by atoms with Crippen LogP contribution in [0.25, 0.3) is 6.08 Å². The number of benzene rings is 2. The minimum Gasteiger partial charge on any atom is -0.493 e. The Morgan fingerprint density at radius 1 is 1.08 bits per heavy atom. The van der Waals surface area contributed by atoms with E-state index in [2.05, 4.69) is 0 Å². The molecule has 0 aromatic heterocycles. The summed E-state index contributed by atoms with van der Waals surface area (Å²) in [5.41, 5.74) is 0.695. The van der Waals surface area contributed by atoms with Gasteiger partial charge in [-0.2, -0.15) is 0 Å². The van der Waals surface area contributed by atoms with Gasteiger partial charge in [-0.1, -0.05) is 29.8 Å². The van der Waals surface area contributed by atoms with Crippen molar-refractivity contribution in [3.63, 3.8) is 0 Å². The Kier molecular flexibility index (Phi) is 6.51. The van der Waals surface area contributed by atoms with Crippen molar-refractivity contribution in [1.82, 2.24) is 0 Å². The molecule has 2 rings (SSSR count). The molecule has 24 heavy (non-hydrogen) atoms. The van der Waals surface area contributed by atoms with Gasteiger partial charge in [0.2, 0.25) is 0 Å². The van der Waals surface area contributed by atoms with Gasteiger partial charge in [0.1, 0.15) is 19.0 Å².